The molecule has 0 aromatic carbocycles. The van der Waals surface area contributed by atoms with Gasteiger partial charge in [-0.1, -0.05) is 38.5 Å². The highest BCUT2D eigenvalue weighted by Gasteiger charge is 2.45. The smallest absolute Gasteiger partial charge is 0.156 e. The zero-order valence-electron chi connectivity index (χ0n) is 11.8. The molecule has 0 aromatic heterocycles. The first-order chi connectivity index (χ1) is 8.64. The number of amidine groups is 1. The second-order valence-corrected chi connectivity index (χ2v) is 7.95. The van der Waals surface area contributed by atoms with Crippen LogP contribution in [0.3, 0.4) is 0 Å². The maximum absolute atomic E-state index is 4.82. The quantitative estimate of drug-likeness (QED) is 0.843. The van der Waals surface area contributed by atoms with Crippen molar-refractivity contribution in [3.63, 3.8) is 0 Å². The molecule has 0 unspecified atom stereocenters. The van der Waals surface area contributed by atoms with Crippen molar-refractivity contribution in [1.82, 2.24) is 5.32 Å². The molecule has 1 N–H and O–H groups in total. The maximum atomic E-state index is 4.82. The predicted molar refractivity (Wildman–Crippen MR) is 80.2 cm³/mol. The molecule has 2 aliphatic carbocycles. The van der Waals surface area contributed by atoms with Crippen LogP contribution in [0, 0.1) is 16.7 Å². The fourth-order valence-corrected chi connectivity index (χ4v) is 4.61. The zero-order chi connectivity index (χ0) is 12.6. The topological polar surface area (TPSA) is 24.4 Å². The van der Waals surface area contributed by atoms with Gasteiger partial charge in [-0.25, -0.2) is 0 Å². The fourth-order valence-electron chi connectivity index (χ4n) is 3.46. The normalized spacial score (nSPS) is 28.5. The molecule has 2 fully saturated rings. The van der Waals surface area contributed by atoms with Gasteiger partial charge in [-0.15, -0.1) is 0 Å². The fraction of sp³-hybridized carbons (Fsp3) is 0.933. The van der Waals surface area contributed by atoms with E-state index < -0.39 is 0 Å². The summed E-state index contributed by atoms with van der Waals surface area (Å²) in [7, 11) is 0. The maximum Gasteiger partial charge on any atom is 0.156 e. The van der Waals surface area contributed by atoms with Crippen LogP contribution in [0.4, 0.5) is 0 Å². The minimum Gasteiger partial charge on any atom is -0.364 e. The Morgan fingerprint density at radius 3 is 2.44 bits per heavy atom. The largest absolute Gasteiger partial charge is 0.364 e. The second-order valence-electron chi connectivity index (χ2n) is 6.99. The van der Waals surface area contributed by atoms with Crippen LogP contribution in [0.1, 0.15) is 52.4 Å². The number of thioether (sulfide) groups is 1. The van der Waals surface area contributed by atoms with Gasteiger partial charge in [-0.3, -0.25) is 4.99 Å². The molecule has 0 radical (unpaired) electrons. The summed E-state index contributed by atoms with van der Waals surface area (Å²) in [6.45, 7) is 6.94. The third kappa shape index (κ3) is 2.43. The molecule has 18 heavy (non-hydrogen) atoms. The van der Waals surface area contributed by atoms with Crippen molar-refractivity contribution >= 4 is 16.9 Å². The van der Waals surface area contributed by atoms with Gasteiger partial charge < -0.3 is 5.32 Å². The second kappa shape index (κ2) is 4.73. The van der Waals surface area contributed by atoms with E-state index in [0.29, 0.717) is 10.8 Å². The predicted octanol–water partition coefficient (Wildman–Crippen LogP) is 3.68. The third-order valence-corrected chi connectivity index (χ3v) is 6.75. The van der Waals surface area contributed by atoms with Crippen LogP contribution in [0.2, 0.25) is 0 Å². The molecule has 0 saturated heterocycles. The van der Waals surface area contributed by atoms with Crippen molar-refractivity contribution in [1.29, 1.82) is 0 Å². The lowest BCUT2D eigenvalue weighted by Gasteiger charge is -2.31. The summed E-state index contributed by atoms with van der Waals surface area (Å²) in [4.78, 5) is 4.82. The summed E-state index contributed by atoms with van der Waals surface area (Å²) < 4.78 is 0. The summed E-state index contributed by atoms with van der Waals surface area (Å²) in [5, 5.41) is 4.85. The molecule has 2 nitrogen and oxygen atoms in total. The van der Waals surface area contributed by atoms with Crippen LogP contribution in [-0.4, -0.2) is 24.0 Å². The van der Waals surface area contributed by atoms with Gasteiger partial charge >= 0.3 is 0 Å². The van der Waals surface area contributed by atoms with Crippen LogP contribution in [0.5, 0.6) is 0 Å². The van der Waals surface area contributed by atoms with Crippen molar-refractivity contribution in [2.45, 2.75) is 52.4 Å². The number of rotatable bonds is 3. The lowest BCUT2D eigenvalue weighted by atomic mass is 9.89. The molecule has 0 atom stereocenters. The Balaban J connectivity index is 1.51. The van der Waals surface area contributed by atoms with Crippen LogP contribution in [0.25, 0.3) is 0 Å². The Kier molecular flexibility index (Phi) is 3.38. The molecule has 0 amide bonds. The Hall–Kier alpha value is -0.180. The SMILES string of the molecule is CC(C)C1(CNC2=NCC3(CCCC3)CS2)CC1. The molecule has 0 aromatic rings. The van der Waals surface area contributed by atoms with E-state index in [2.05, 4.69) is 19.2 Å². The highest BCUT2D eigenvalue weighted by Crippen LogP contribution is 2.51. The lowest BCUT2D eigenvalue weighted by molar-refractivity contribution is 0.350. The first-order valence-corrected chi connectivity index (χ1v) is 8.54. The summed E-state index contributed by atoms with van der Waals surface area (Å²) in [6, 6.07) is 0. The molecule has 3 rings (SSSR count). The standard InChI is InChI=1S/C15H26N2S/c1-12(2)15(7-8-15)10-17-13-16-9-14(11-18-13)5-3-4-6-14/h12H,3-11H2,1-2H3,(H,16,17). The van der Waals surface area contributed by atoms with Crippen LogP contribution in [-0.2, 0) is 0 Å². The van der Waals surface area contributed by atoms with Gasteiger partial charge in [0.1, 0.15) is 0 Å². The minimum absolute atomic E-state index is 0.575. The number of hydrogen-bond donors (Lipinski definition) is 1. The van der Waals surface area contributed by atoms with E-state index in [1.165, 1.54) is 49.4 Å². The Morgan fingerprint density at radius 1 is 1.22 bits per heavy atom. The average molecular weight is 266 g/mol. The Labute approximate surface area is 115 Å². The van der Waals surface area contributed by atoms with Crippen LogP contribution in [0.15, 0.2) is 4.99 Å². The van der Waals surface area contributed by atoms with Gasteiger partial charge in [-0.05, 0) is 42.4 Å². The molecule has 2 saturated carbocycles. The molecule has 1 heterocycles. The van der Waals surface area contributed by atoms with E-state index >= 15 is 0 Å². The average Bonchev–Trinajstić information content (AvgIpc) is 3.05. The lowest BCUT2D eigenvalue weighted by Crippen LogP contribution is -2.36. The molecular weight excluding hydrogens is 240 g/mol. The third-order valence-electron chi connectivity index (χ3n) is 5.45. The molecular formula is C15H26N2S. The summed E-state index contributed by atoms with van der Waals surface area (Å²) >= 11 is 1.98. The highest BCUT2D eigenvalue weighted by molar-refractivity contribution is 8.13. The first kappa shape index (κ1) is 12.8. The molecule has 3 aliphatic rings. The summed E-state index contributed by atoms with van der Waals surface area (Å²) in [5.41, 5.74) is 1.16. The molecule has 102 valence electrons. The monoisotopic (exact) mass is 266 g/mol. The Morgan fingerprint density at radius 2 is 1.94 bits per heavy atom. The van der Waals surface area contributed by atoms with Gasteiger partial charge in [0.05, 0.1) is 0 Å². The van der Waals surface area contributed by atoms with E-state index in [9.17, 15) is 0 Å². The molecule has 1 aliphatic heterocycles. The van der Waals surface area contributed by atoms with E-state index in [4.69, 9.17) is 4.99 Å². The van der Waals surface area contributed by atoms with E-state index in [1.807, 2.05) is 11.8 Å². The highest BCUT2D eigenvalue weighted by atomic mass is 32.2. The molecule has 1 spiro atoms. The van der Waals surface area contributed by atoms with Gasteiger partial charge in [0.2, 0.25) is 0 Å². The molecule has 0 bridgehead atoms. The van der Waals surface area contributed by atoms with E-state index in [0.717, 1.165) is 19.0 Å². The number of hydrogen-bond acceptors (Lipinski definition) is 3. The van der Waals surface area contributed by atoms with Crippen molar-refractivity contribution < 1.29 is 0 Å². The Bertz CT molecular complexity index is 338. The molecule has 3 heteroatoms. The van der Waals surface area contributed by atoms with Gasteiger partial charge in [0, 0.05) is 18.8 Å². The number of nitrogens with one attached hydrogen (secondary N) is 1. The van der Waals surface area contributed by atoms with Crippen LogP contribution < -0.4 is 5.32 Å². The number of aliphatic imine (C=N–C) groups is 1. The zero-order valence-corrected chi connectivity index (χ0v) is 12.6. The number of nitrogens with zero attached hydrogens (tertiary/aromatic N) is 1. The van der Waals surface area contributed by atoms with Crippen molar-refractivity contribution in [3.8, 4) is 0 Å². The van der Waals surface area contributed by atoms with Gasteiger partial charge in [-0.2, -0.15) is 0 Å². The van der Waals surface area contributed by atoms with Gasteiger partial charge in [0.25, 0.3) is 0 Å². The summed E-state index contributed by atoms with van der Waals surface area (Å²) in [5.74, 6) is 2.11. The van der Waals surface area contributed by atoms with Crippen LogP contribution >= 0.6 is 11.8 Å². The van der Waals surface area contributed by atoms with Crippen molar-refractivity contribution in [2.24, 2.45) is 21.7 Å². The van der Waals surface area contributed by atoms with Crippen molar-refractivity contribution in [2.75, 3.05) is 18.8 Å². The van der Waals surface area contributed by atoms with Crippen molar-refractivity contribution in [3.05, 3.63) is 0 Å². The minimum atomic E-state index is 0.575. The van der Waals surface area contributed by atoms with Gasteiger partial charge in [0.15, 0.2) is 5.17 Å². The van der Waals surface area contributed by atoms with E-state index in [-0.39, 0.29) is 0 Å². The van der Waals surface area contributed by atoms with E-state index in [1.54, 1.807) is 0 Å². The summed E-state index contributed by atoms with van der Waals surface area (Å²) in [6.07, 6.45) is 8.48. The first-order valence-electron chi connectivity index (χ1n) is 7.55.